The van der Waals surface area contributed by atoms with E-state index in [9.17, 15) is 0 Å². The fourth-order valence-electron chi connectivity index (χ4n) is 1.60. The highest BCUT2D eigenvalue weighted by Crippen LogP contribution is 2.20. The number of aromatic nitrogens is 2. The van der Waals surface area contributed by atoms with Gasteiger partial charge in [-0.2, -0.15) is 5.10 Å². The van der Waals surface area contributed by atoms with E-state index in [0.29, 0.717) is 0 Å². The van der Waals surface area contributed by atoms with Gasteiger partial charge in [-0.15, -0.1) is 0 Å². The van der Waals surface area contributed by atoms with Gasteiger partial charge in [0.25, 0.3) is 0 Å². The molecule has 0 aliphatic carbocycles. The monoisotopic (exact) mass is 176 g/mol. The molecule has 68 valence electrons. The van der Waals surface area contributed by atoms with Gasteiger partial charge in [0, 0.05) is 12.4 Å². The summed E-state index contributed by atoms with van der Waals surface area (Å²) in [5, 5.41) is 14.5. The molecule has 0 fully saturated rings. The van der Waals surface area contributed by atoms with E-state index in [-0.39, 0.29) is 6.61 Å². The van der Waals surface area contributed by atoms with Crippen molar-refractivity contribution in [3.05, 3.63) is 29.5 Å². The molecule has 2 aromatic rings. The standard InChI is InChI=1S/C10H12N2O/c1-7-4-3-5-8-9(6-13)12(2)11-10(7)8/h3-5,13H,6H2,1-2H3. The lowest BCUT2D eigenvalue weighted by Crippen LogP contribution is -1.96. The number of hydrogen-bond donors (Lipinski definition) is 1. The Balaban J connectivity index is 2.86. The zero-order chi connectivity index (χ0) is 9.42. The van der Waals surface area contributed by atoms with Crippen LogP contribution in [0, 0.1) is 6.92 Å². The maximum Gasteiger partial charge on any atom is 0.0956 e. The molecule has 0 aliphatic rings. The smallest absolute Gasteiger partial charge is 0.0956 e. The molecule has 0 spiro atoms. The summed E-state index contributed by atoms with van der Waals surface area (Å²) in [6.07, 6.45) is 0. The van der Waals surface area contributed by atoms with Gasteiger partial charge in [-0.3, -0.25) is 4.68 Å². The van der Waals surface area contributed by atoms with E-state index in [0.717, 1.165) is 22.2 Å². The Morgan fingerprint density at radius 1 is 1.46 bits per heavy atom. The summed E-state index contributed by atoms with van der Waals surface area (Å²) < 4.78 is 1.73. The number of aliphatic hydroxyl groups is 1. The first-order chi connectivity index (χ1) is 6.24. The second-order valence-electron chi connectivity index (χ2n) is 3.20. The molecule has 3 nitrogen and oxygen atoms in total. The minimum absolute atomic E-state index is 0.0381. The molecular formula is C10H12N2O. The number of aliphatic hydroxyl groups excluding tert-OH is 1. The third-order valence-electron chi connectivity index (χ3n) is 2.34. The summed E-state index contributed by atoms with van der Waals surface area (Å²) in [6, 6.07) is 6.00. The van der Waals surface area contributed by atoms with Crippen molar-refractivity contribution in [2.75, 3.05) is 0 Å². The molecule has 1 aromatic carbocycles. The Morgan fingerprint density at radius 2 is 2.23 bits per heavy atom. The fourth-order valence-corrected chi connectivity index (χ4v) is 1.60. The Morgan fingerprint density at radius 3 is 2.92 bits per heavy atom. The molecule has 0 radical (unpaired) electrons. The van der Waals surface area contributed by atoms with Gasteiger partial charge in [0.15, 0.2) is 0 Å². The lowest BCUT2D eigenvalue weighted by molar-refractivity contribution is 0.272. The first-order valence-electron chi connectivity index (χ1n) is 4.26. The van der Waals surface area contributed by atoms with Crippen molar-refractivity contribution in [2.45, 2.75) is 13.5 Å². The van der Waals surface area contributed by atoms with Gasteiger partial charge in [-0.25, -0.2) is 0 Å². The molecule has 1 N–H and O–H groups in total. The van der Waals surface area contributed by atoms with E-state index in [1.54, 1.807) is 4.68 Å². The van der Waals surface area contributed by atoms with Crippen LogP contribution < -0.4 is 0 Å². The average Bonchev–Trinajstić information content (AvgIpc) is 2.43. The number of benzene rings is 1. The van der Waals surface area contributed by atoms with Crippen molar-refractivity contribution >= 4 is 10.9 Å². The molecule has 0 bridgehead atoms. The highest BCUT2D eigenvalue weighted by molar-refractivity contribution is 5.84. The lowest BCUT2D eigenvalue weighted by Gasteiger charge is -1.95. The van der Waals surface area contributed by atoms with Gasteiger partial charge >= 0.3 is 0 Å². The molecule has 0 saturated heterocycles. The van der Waals surface area contributed by atoms with E-state index in [2.05, 4.69) is 5.10 Å². The number of rotatable bonds is 1. The fraction of sp³-hybridized carbons (Fsp3) is 0.300. The summed E-state index contributed by atoms with van der Waals surface area (Å²) in [7, 11) is 1.85. The molecule has 0 saturated carbocycles. The van der Waals surface area contributed by atoms with Gasteiger partial charge in [0.05, 0.1) is 17.8 Å². The topological polar surface area (TPSA) is 38.0 Å². The first kappa shape index (κ1) is 8.26. The Hall–Kier alpha value is -1.35. The van der Waals surface area contributed by atoms with Crippen LogP contribution in [-0.4, -0.2) is 14.9 Å². The summed E-state index contributed by atoms with van der Waals surface area (Å²) >= 11 is 0. The second-order valence-corrected chi connectivity index (χ2v) is 3.20. The largest absolute Gasteiger partial charge is 0.390 e. The minimum atomic E-state index is 0.0381. The number of nitrogens with zero attached hydrogens (tertiary/aromatic N) is 2. The zero-order valence-electron chi connectivity index (χ0n) is 7.78. The predicted octanol–water partition coefficient (Wildman–Crippen LogP) is 1.37. The molecule has 2 rings (SSSR count). The van der Waals surface area contributed by atoms with Crippen LogP contribution in [0.2, 0.25) is 0 Å². The van der Waals surface area contributed by atoms with Gasteiger partial charge < -0.3 is 5.11 Å². The number of aryl methyl sites for hydroxylation is 2. The van der Waals surface area contributed by atoms with Crippen LogP contribution in [0.1, 0.15) is 11.3 Å². The third kappa shape index (κ3) is 1.12. The summed E-state index contributed by atoms with van der Waals surface area (Å²) in [4.78, 5) is 0. The van der Waals surface area contributed by atoms with Crippen LogP contribution in [-0.2, 0) is 13.7 Å². The molecule has 1 heterocycles. The molecule has 0 aliphatic heterocycles. The predicted molar refractivity (Wildman–Crippen MR) is 51.4 cm³/mol. The SMILES string of the molecule is Cc1cccc2c(CO)n(C)nc12. The van der Waals surface area contributed by atoms with Crippen molar-refractivity contribution in [3.63, 3.8) is 0 Å². The van der Waals surface area contributed by atoms with Crippen LogP contribution in [0.4, 0.5) is 0 Å². The van der Waals surface area contributed by atoms with E-state index in [1.165, 1.54) is 0 Å². The minimum Gasteiger partial charge on any atom is -0.390 e. The highest BCUT2D eigenvalue weighted by Gasteiger charge is 2.08. The molecule has 0 unspecified atom stereocenters. The molecule has 13 heavy (non-hydrogen) atoms. The van der Waals surface area contributed by atoms with Crippen molar-refractivity contribution in [1.82, 2.24) is 9.78 Å². The molecule has 0 amide bonds. The van der Waals surface area contributed by atoms with E-state index in [1.807, 2.05) is 32.2 Å². The van der Waals surface area contributed by atoms with Crippen molar-refractivity contribution < 1.29 is 5.11 Å². The van der Waals surface area contributed by atoms with Crippen LogP contribution in [0.3, 0.4) is 0 Å². The number of hydrogen-bond acceptors (Lipinski definition) is 2. The maximum absolute atomic E-state index is 9.14. The second kappa shape index (κ2) is 2.85. The van der Waals surface area contributed by atoms with Crippen LogP contribution in [0.15, 0.2) is 18.2 Å². The van der Waals surface area contributed by atoms with Crippen LogP contribution in [0.5, 0.6) is 0 Å². The van der Waals surface area contributed by atoms with Gasteiger partial charge in [-0.05, 0) is 12.5 Å². The third-order valence-corrected chi connectivity index (χ3v) is 2.34. The Bertz CT molecular complexity index is 445. The van der Waals surface area contributed by atoms with Crippen molar-refractivity contribution in [1.29, 1.82) is 0 Å². The van der Waals surface area contributed by atoms with E-state index < -0.39 is 0 Å². The van der Waals surface area contributed by atoms with E-state index in [4.69, 9.17) is 5.11 Å². The van der Waals surface area contributed by atoms with Crippen LogP contribution in [0.25, 0.3) is 10.9 Å². The zero-order valence-corrected chi connectivity index (χ0v) is 7.78. The number of fused-ring (bicyclic) bond motifs is 1. The maximum atomic E-state index is 9.14. The summed E-state index contributed by atoms with van der Waals surface area (Å²) in [5.41, 5.74) is 3.00. The highest BCUT2D eigenvalue weighted by atomic mass is 16.3. The quantitative estimate of drug-likeness (QED) is 0.712. The Labute approximate surface area is 76.6 Å². The van der Waals surface area contributed by atoms with Crippen molar-refractivity contribution in [2.24, 2.45) is 7.05 Å². The molecular weight excluding hydrogens is 164 g/mol. The van der Waals surface area contributed by atoms with E-state index >= 15 is 0 Å². The summed E-state index contributed by atoms with van der Waals surface area (Å²) in [6.45, 7) is 2.06. The van der Waals surface area contributed by atoms with Crippen molar-refractivity contribution in [3.8, 4) is 0 Å². The lowest BCUT2D eigenvalue weighted by atomic mass is 10.1. The normalized spacial score (nSPS) is 11.0. The molecule has 3 heteroatoms. The van der Waals surface area contributed by atoms with Gasteiger partial charge in [-0.1, -0.05) is 18.2 Å². The van der Waals surface area contributed by atoms with Crippen LogP contribution >= 0.6 is 0 Å². The van der Waals surface area contributed by atoms with Gasteiger partial charge in [0.2, 0.25) is 0 Å². The molecule has 0 atom stereocenters. The Kier molecular flexibility index (Phi) is 1.81. The van der Waals surface area contributed by atoms with Gasteiger partial charge in [0.1, 0.15) is 0 Å². The average molecular weight is 176 g/mol. The first-order valence-corrected chi connectivity index (χ1v) is 4.26. The summed E-state index contributed by atoms with van der Waals surface area (Å²) in [5.74, 6) is 0. The molecule has 1 aromatic heterocycles.